The molecule has 0 amide bonds. The molecule has 1 aromatic carbocycles. The largest absolute Gasteiger partial charge is 0.508 e. The molecule has 5 nitrogen and oxygen atoms in total. The standard InChI is InChI=1S/C22H25NO4S/c1-2-15-9-19-16(10-22(25)27-21(19)11-20(15)24)12-23(13-17-5-3-7-26-17)14-18-6-4-8-28-18/h4,6,8-11,17,24H,2-3,5,7,12-14H2,1H3/p+1/t17-/m0/s1. The van der Waals surface area contributed by atoms with Crippen LogP contribution in [0, 0.1) is 0 Å². The molecule has 1 fully saturated rings. The molecular formula is C22H26NO4S+. The molecule has 0 bridgehead atoms. The van der Waals surface area contributed by atoms with Gasteiger partial charge in [0.15, 0.2) is 0 Å². The fraction of sp³-hybridized carbons (Fsp3) is 0.409. The first-order valence-corrected chi connectivity index (χ1v) is 10.8. The summed E-state index contributed by atoms with van der Waals surface area (Å²) in [5.41, 5.74) is 1.90. The molecule has 0 radical (unpaired) electrons. The SMILES string of the molecule is CCc1cc2c(C[NH+](Cc3cccs3)C[C@@H]3CCCO3)cc(=O)oc2cc1O. The third-order valence-corrected chi connectivity index (χ3v) is 6.27. The predicted molar refractivity (Wildman–Crippen MR) is 110 cm³/mol. The van der Waals surface area contributed by atoms with Crippen molar-refractivity contribution >= 4 is 22.3 Å². The van der Waals surface area contributed by atoms with Crippen LogP contribution in [0.15, 0.2) is 44.9 Å². The Hall–Kier alpha value is -2.15. The zero-order valence-corrected chi connectivity index (χ0v) is 16.9. The first-order chi connectivity index (χ1) is 13.6. The van der Waals surface area contributed by atoms with Crippen LogP contribution in [0.2, 0.25) is 0 Å². The lowest BCUT2D eigenvalue weighted by molar-refractivity contribution is -0.930. The summed E-state index contributed by atoms with van der Waals surface area (Å²) in [7, 11) is 0. The monoisotopic (exact) mass is 400 g/mol. The molecule has 4 rings (SSSR count). The van der Waals surface area contributed by atoms with Gasteiger partial charge in [0.2, 0.25) is 0 Å². The molecule has 2 aromatic heterocycles. The van der Waals surface area contributed by atoms with Crippen LogP contribution >= 0.6 is 11.3 Å². The number of aryl methyl sites for hydroxylation is 1. The van der Waals surface area contributed by atoms with Crippen molar-refractivity contribution in [2.45, 2.75) is 45.4 Å². The van der Waals surface area contributed by atoms with E-state index in [1.54, 1.807) is 23.5 Å². The number of nitrogens with one attached hydrogen (secondary N) is 1. The Morgan fingerprint density at radius 3 is 2.86 bits per heavy atom. The second kappa shape index (κ2) is 8.47. The fourth-order valence-corrected chi connectivity index (χ4v) is 4.78. The lowest BCUT2D eigenvalue weighted by Gasteiger charge is -2.22. The van der Waals surface area contributed by atoms with Crippen LogP contribution in [-0.2, 0) is 24.2 Å². The third-order valence-electron chi connectivity index (χ3n) is 5.40. The lowest BCUT2D eigenvalue weighted by Crippen LogP contribution is -3.10. The summed E-state index contributed by atoms with van der Waals surface area (Å²) >= 11 is 1.76. The van der Waals surface area contributed by atoms with Crippen molar-refractivity contribution in [3.8, 4) is 5.75 Å². The molecule has 3 aromatic rings. The van der Waals surface area contributed by atoms with Crippen LogP contribution in [0.3, 0.4) is 0 Å². The first-order valence-electron chi connectivity index (χ1n) is 9.88. The van der Waals surface area contributed by atoms with Crippen LogP contribution in [0.1, 0.15) is 35.8 Å². The summed E-state index contributed by atoms with van der Waals surface area (Å²) in [6.45, 7) is 5.38. The van der Waals surface area contributed by atoms with Gasteiger partial charge in [-0.15, -0.1) is 11.3 Å². The van der Waals surface area contributed by atoms with Crippen molar-refractivity contribution in [2.24, 2.45) is 0 Å². The fourth-order valence-electron chi connectivity index (χ4n) is 4.00. The molecule has 1 saturated heterocycles. The molecular weight excluding hydrogens is 374 g/mol. The van der Waals surface area contributed by atoms with Crippen LogP contribution in [0.4, 0.5) is 0 Å². The van der Waals surface area contributed by atoms with Gasteiger partial charge in [-0.1, -0.05) is 13.0 Å². The smallest absolute Gasteiger partial charge is 0.336 e. The number of hydrogen-bond acceptors (Lipinski definition) is 5. The zero-order valence-electron chi connectivity index (χ0n) is 16.1. The highest BCUT2D eigenvalue weighted by atomic mass is 32.1. The van der Waals surface area contributed by atoms with E-state index in [0.29, 0.717) is 12.1 Å². The van der Waals surface area contributed by atoms with E-state index in [4.69, 9.17) is 9.15 Å². The molecule has 6 heteroatoms. The van der Waals surface area contributed by atoms with Crippen LogP contribution in [0.5, 0.6) is 5.75 Å². The molecule has 3 heterocycles. The number of ether oxygens (including phenoxy) is 1. The minimum atomic E-state index is -0.376. The summed E-state index contributed by atoms with van der Waals surface area (Å²) in [6, 6.07) is 9.36. The quantitative estimate of drug-likeness (QED) is 0.599. The van der Waals surface area contributed by atoms with Gasteiger partial charge in [-0.2, -0.15) is 0 Å². The number of fused-ring (bicyclic) bond motifs is 1. The normalized spacial score (nSPS) is 18.0. The van der Waals surface area contributed by atoms with Gasteiger partial charge in [-0.3, -0.25) is 0 Å². The Kier molecular flexibility index (Phi) is 5.80. The van der Waals surface area contributed by atoms with Crippen molar-refractivity contribution in [1.29, 1.82) is 0 Å². The first kappa shape index (κ1) is 19.2. The van der Waals surface area contributed by atoms with E-state index in [1.165, 1.54) is 9.78 Å². The Bertz CT molecular complexity index is 990. The lowest BCUT2D eigenvalue weighted by atomic mass is 10.0. The summed E-state index contributed by atoms with van der Waals surface area (Å²) < 4.78 is 11.2. The van der Waals surface area contributed by atoms with Gasteiger partial charge in [0.1, 0.15) is 37.1 Å². The van der Waals surface area contributed by atoms with Crippen molar-refractivity contribution < 1.29 is 19.2 Å². The van der Waals surface area contributed by atoms with Gasteiger partial charge >= 0.3 is 5.63 Å². The average molecular weight is 401 g/mol. The van der Waals surface area contributed by atoms with Crippen molar-refractivity contribution in [1.82, 2.24) is 0 Å². The topological polar surface area (TPSA) is 64.1 Å². The number of benzene rings is 1. The zero-order chi connectivity index (χ0) is 19.5. The number of phenols is 1. The number of aromatic hydroxyl groups is 1. The van der Waals surface area contributed by atoms with Gasteiger partial charge in [-0.05, 0) is 42.3 Å². The van der Waals surface area contributed by atoms with Crippen molar-refractivity contribution in [2.75, 3.05) is 13.2 Å². The summed E-state index contributed by atoms with van der Waals surface area (Å²) in [5, 5.41) is 13.2. The molecule has 1 aliphatic heterocycles. The number of hydrogen-bond donors (Lipinski definition) is 2. The van der Waals surface area contributed by atoms with E-state index in [2.05, 4.69) is 17.5 Å². The number of rotatable bonds is 7. The minimum Gasteiger partial charge on any atom is -0.508 e. The van der Waals surface area contributed by atoms with E-state index in [9.17, 15) is 9.90 Å². The minimum absolute atomic E-state index is 0.178. The second-order valence-electron chi connectivity index (χ2n) is 7.44. The molecule has 2 N–H and O–H groups in total. The Morgan fingerprint density at radius 2 is 2.14 bits per heavy atom. The number of phenolic OH excluding ortho intramolecular Hbond substituents is 1. The average Bonchev–Trinajstić information content (AvgIpc) is 3.35. The summed E-state index contributed by atoms with van der Waals surface area (Å²) in [5.74, 6) is 0.178. The van der Waals surface area contributed by atoms with E-state index < -0.39 is 0 Å². The third kappa shape index (κ3) is 4.29. The van der Waals surface area contributed by atoms with Crippen LogP contribution < -0.4 is 10.5 Å². The summed E-state index contributed by atoms with van der Waals surface area (Å²) in [4.78, 5) is 14.8. The van der Waals surface area contributed by atoms with Gasteiger partial charge in [0.25, 0.3) is 0 Å². The number of thiophene rings is 1. The van der Waals surface area contributed by atoms with E-state index >= 15 is 0 Å². The van der Waals surface area contributed by atoms with Crippen LogP contribution in [-0.4, -0.2) is 24.4 Å². The maximum absolute atomic E-state index is 12.1. The Balaban J connectivity index is 1.68. The molecule has 0 saturated carbocycles. The molecule has 1 aliphatic rings. The van der Waals surface area contributed by atoms with E-state index in [1.807, 2.05) is 13.0 Å². The molecule has 0 spiro atoms. The van der Waals surface area contributed by atoms with Gasteiger partial charge in [0.05, 0.1) is 4.88 Å². The highest BCUT2D eigenvalue weighted by Gasteiger charge is 2.24. The highest BCUT2D eigenvalue weighted by molar-refractivity contribution is 7.09. The van der Waals surface area contributed by atoms with Gasteiger partial charge in [0, 0.05) is 29.7 Å². The van der Waals surface area contributed by atoms with E-state index in [0.717, 1.165) is 55.5 Å². The van der Waals surface area contributed by atoms with Crippen molar-refractivity contribution in [3.05, 3.63) is 62.1 Å². The van der Waals surface area contributed by atoms with E-state index in [-0.39, 0.29) is 17.5 Å². The molecule has 28 heavy (non-hydrogen) atoms. The highest BCUT2D eigenvalue weighted by Crippen LogP contribution is 2.26. The second-order valence-corrected chi connectivity index (χ2v) is 8.48. The molecule has 0 aliphatic carbocycles. The molecule has 1 unspecified atom stereocenters. The molecule has 148 valence electrons. The van der Waals surface area contributed by atoms with Crippen LogP contribution in [0.25, 0.3) is 11.0 Å². The predicted octanol–water partition coefficient (Wildman–Crippen LogP) is 2.89. The Labute approximate surface area is 168 Å². The Morgan fingerprint density at radius 1 is 1.25 bits per heavy atom. The maximum atomic E-state index is 12.1. The van der Waals surface area contributed by atoms with Crippen molar-refractivity contribution in [3.63, 3.8) is 0 Å². The van der Waals surface area contributed by atoms with Gasteiger partial charge in [-0.25, -0.2) is 4.79 Å². The van der Waals surface area contributed by atoms with Gasteiger partial charge < -0.3 is 19.2 Å². The maximum Gasteiger partial charge on any atom is 0.336 e. The summed E-state index contributed by atoms with van der Waals surface area (Å²) in [6.07, 6.45) is 3.21. The molecule has 2 atom stereocenters. The number of quaternary nitrogens is 1.